The zero-order valence-corrected chi connectivity index (χ0v) is 13.5. The molecule has 0 unspecified atom stereocenters. The summed E-state index contributed by atoms with van der Waals surface area (Å²) >= 11 is 3.12. The minimum absolute atomic E-state index is 0.253. The average molecular weight is 337 g/mol. The van der Waals surface area contributed by atoms with Crippen LogP contribution in [0, 0.1) is 0 Å². The van der Waals surface area contributed by atoms with Crippen molar-refractivity contribution in [3.8, 4) is 38.3 Å². The van der Waals surface area contributed by atoms with E-state index in [9.17, 15) is 5.11 Å². The topological polar surface area (TPSA) is 58.9 Å². The normalized spacial score (nSPS) is 10.8. The molecule has 4 rings (SSSR count). The van der Waals surface area contributed by atoms with Gasteiger partial charge in [-0.15, -0.1) is 22.7 Å². The molecule has 4 aromatic rings. The van der Waals surface area contributed by atoms with Crippen molar-refractivity contribution in [2.45, 2.75) is 0 Å². The van der Waals surface area contributed by atoms with Gasteiger partial charge < -0.3 is 5.11 Å². The predicted molar refractivity (Wildman–Crippen MR) is 93.6 cm³/mol. The number of phenols is 1. The Labute approximate surface area is 140 Å². The van der Waals surface area contributed by atoms with E-state index >= 15 is 0 Å². The van der Waals surface area contributed by atoms with Crippen LogP contribution in [-0.2, 0) is 0 Å². The third-order valence-corrected chi connectivity index (χ3v) is 4.92. The van der Waals surface area contributed by atoms with Crippen LogP contribution in [-0.4, -0.2) is 20.1 Å². The lowest BCUT2D eigenvalue weighted by Crippen LogP contribution is -1.90. The molecule has 0 atom stereocenters. The van der Waals surface area contributed by atoms with Gasteiger partial charge in [-0.05, 0) is 35.4 Å². The van der Waals surface area contributed by atoms with E-state index in [0.717, 1.165) is 32.5 Å². The van der Waals surface area contributed by atoms with E-state index in [1.807, 2.05) is 35.0 Å². The monoisotopic (exact) mass is 337 g/mol. The summed E-state index contributed by atoms with van der Waals surface area (Å²) in [7, 11) is 0. The van der Waals surface area contributed by atoms with Crippen molar-refractivity contribution in [2.75, 3.05) is 0 Å². The van der Waals surface area contributed by atoms with Crippen LogP contribution in [0.2, 0.25) is 0 Å². The molecule has 4 nitrogen and oxygen atoms in total. The molecule has 6 heteroatoms. The lowest BCUT2D eigenvalue weighted by Gasteiger charge is -2.07. The predicted octanol–water partition coefficient (Wildman–Crippen LogP) is 4.70. The van der Waals surface area contributed by atoms with Crippen molar-refractivity contribution < 1.29 is 5.11 Å². The number of hydrogen-bond donors (Lipinski definition) is 1. The van der Waals surface area contributed by atoms with Crippen LogP contribution in [0.15, 0.2) is 59.6 Å². The van der Waals surface area contributed by atoms with Crippen LogP contribution in [0.4, 0.5) is 0 Å². The Morgan fingerprint density at radius 1 is 0.739 bits per heavy atom. The van der Waals surface area contributed by atoms with Crippen molar-refractivity contribution in [1.29, 1.82) is 0 Å². The molecule has 0 spiro atoms. The van der Waals surface area contributed by atoms with Crippen LogP contribution in [0.5, 0.6) is 5.75 Å². The molecule has 1 N–H and O–H groups in total. The van der Waals surface area contributed by atoms with Gasteiger partial charge in [0, 0.05) is 23.2 Å². The van der Waals surface area contributed by atoms with E-state index in [0.29, 0.717) is 0 Å². The third kappa shape index (κ3) is 2.86. The van der Waals surface area contributed by atoms with Gasteiger partial charge in [-0.2, -0.15) is 0 Å². The Hall–Kier alpha value is -2.57. The standard InChI is InChI=1S/C17H11N3OS2/c21-13-3-1-11(2-4-13)12-9-14(16-18-5-7-22-16)20-15(10-12)17-19-6-8-23-17/h1-10,21H. The highest BCUT2D eigenvalue weighted by atomic mass is 32.1. The summed E-state index contributed by atoms with van der Waals surface area (Å²) in [6.45, 7) is 0. The Morgan fingerprint density at radius 2 is 1.30 bits per heavy atom. The number of thiazole rings is 2. The largest absolute Gasteiger partial charge is 0.508 e. The first kappa shape index (κ1) is 14.0. The fourth-order valence-electron chi connectivity index (χ4n) is 2.27. The Balaban J connectivity index is 1.89. The molecule has 0 aliphatic heterocycles. The molecule has 0 bridgehead atoms. The van der Waals surface area contributed by atoms with Gasteiger partial charge in [0.1, 0.15) is 27.2 Å². The molecule has 0 radical (unpaired) electrons. The minimum atomic E-state index is 0.253. The van der Waals surface area contributed by atoms with Gasteiger partial charge in [-0.25, -0.2) is 15.0 Å². The molecule has 3 heterocycles. The van der Waals surface area contributed by atoms with Gasteiger partial charge in [-0.3, -0.25) is 0 Å². The number of hydrogen-bond acceptors (Lipinski definition) is 6. The fraction of sp³-hybridized carbons (Fsp3) is 0. The number of pyridine rings is 1. The third-order valence-electron chi connectivity index (χ3n) is 3.33. The summed E-state index contributed by atoms with van der Waals surface area (Å²) in [5.41, 5.74) is 3.70. The summed E-state index contributed by atoms with van der Waals surface area (Å²) in [6, 6.07) is 11.2. The van der Waals surface area contributed by atoms with Crippen molar-refractivity contribution >= 4 is 22.7 Å². The Bertz CT molecular complexity index is 865. The van der Waals surface area contributed by atoms with E-state index in [-0.39, 0.29) is 5.75 Å². The van der Waals surface area contributed by atoms with Crippen LogP contribution < -0.4 is 0 Å². The SMILES string of the molecule is Oc1ccc(-c2cc(-c3nccs3)nc(-c3nccs3)c2)cc1. The first-order valence-electron chi connectivity index (χ1n) is 6.91. The summed E-state index contributed by atoms with van der Waals surface area (Å²) in [4.78, 5) is 13.4. The average Bonchev–Trinajstić information content (AvgIpc) is 3.29. The van der Waals surface area contributed by atoms with Gasteiger partial charge in [0.2, 0.25) is 0 Å². The fourth-order valence-corrected chi connectivity index (χ4v) is 3.47. The summed E-state index contributed by atoms with van der Waals surface area (Å²) in [6.07, 6.45) is 3.55. The molecule has 0 amide bonds. The van der Waals surface area contributed by atoms with Crippen molar-refractivity contribution in [3.63, 3.8) is 0 Å². The van der Waals surface area contributed by atoms with E-state index in [4.69, 9.17) is 4.98 Å². The number of phenolic OH excluding ortho intramolecular Hbond substituents is 1. The summed E-state index contributed by atoms with van der Waals surface area (Å²) in [5, 5.41) is 15.1. The number of benzene rings is 1. The molecular weight excluding hydrogens is 326 g/mol. The maximum atomic E-state index is 9.48. The lowest BCUT2D eigenvalue weighted by atomic mass is 10.0. The van der Waals surface area contributed by atoms with Crippen molar-refractivity contribution in [2.24, 2.45) is 0 Å². The molecule has 0 saturated carbocycles. The molecule has 1 aromatic carbocycles. The van der Waals surface area contributed by atoms with Crippen molar-refractivity contribution in [3.05, 3.63) is 59.6 Å². The first-order chi connectivity index (χ1) is 11.3. The van der Waals surface area contributed by atoms with Crippen LogP contribution in [0.3, 0.4) is 0 Å². The molecule has 23 heavy (non-hydrogen) atoms. The number of rotatable bonds is 3. The van der Waals surface area contributed by atoms with Gasteiger partial charge in [-0.1, -0.05) is 12.1 Å². The lowest BCUT2D eigenvalue weighted by molar-refractivity contribution is 0.475. The highest BCUT2D eigenvalue weighted by molar-refractivity contribution is 7.13. The van der Waals surface area contributed by atoms with Gasteiger partial charge in [0.15, 0.2) is 0 Å². The highest BCUT2D eigenvalue weighted by Crippen LogP contribution is 2.32. The molecule has 0 aliphatic carbocycles. The first-order valence-corrected chi connectivity index (χ1v) is 8.67. The van der Waals surface area contributed by atoms with E-state index in [1.165, 1.54) is 0 Å². The number of aromatic nitrogens is 3. The molecule has 0 aliphatic rings. The van der Waals surface area contributed by atoms with E-state index in [1.54, 1.807) is 47.2 Å². The molecule has 3 aromatic heterocycles. The summed E-state index contributed by atoms with van der Waals surface area (Å²) in [5.74, 6) is 0.253. The molecule has 112 valence electrons. The second-order valence-corrected chi connectivity index (χ2v) is 6.64. The molecule has 0 saturated heterocycles. The Kier molecular flexibility index (Phi) is 3.61. The summed E-state index contributed by atoms with van der Waals surface area (Å²) < 4.78 is 0. The van der Waals surface area contributed by atoms with Crippen LogP contribution in [0.25, 0.3) is 32.5 Å². The second-order valence-electron chi connectivity index (χ2n) is 4.85. The van der Waals surface area contributed by atoms with E-state index in [2.05, 4.69) is 9.97 Å². The van der Waals surface area contributed by atoms with Crippen LogP contribution >= 0.6 is 22.7 Å². The van der Waals surface area contributed by atoms with Crippen LogP contribution in [0.1, 0.15) is 0 Å². The van der Waals surface area contributed by atoms with E-state index < -0.39 is 0 Å². The zero-order valence-electron chi connectivity index (χ0n) is 11.9. The second kappa shape index (κ2) is 5.91. The quantitative estimate of drug-likeness (QED) is 0.588. The minimum Gasteiger partial charge on any atom is -0.508 e. The smallest absolute Gasteiger partial charge is 0.141 e. The zero-order chi connectivity index (χ0) is 15.6. The highest BCUT2D eigenvalue weighted by Gasteiger charge is 2.11. The maximum absolute atomic E-state index is 9.48. The number of aromatic hydroxyl groups is 1. The molecule has 0 fully saturated rings. The van der Waals surface area contributed by atoms with Gasteiger partial charge >= 0.3 is 0 Å². The maximum Gasteiger partial charge on any atom is 0.141 e. The van der Waals surface area contributed by atoms with Gasteiger partial charge in [0.25, 0.3) is 0 Å². The number of nitrogens with zero attached hydrogens (tertiary/aromatic N) is 3. The van der Waals surface area contributed by atoms with Crippen molar-refractivity contribution in [1.82, 2.24) is 15.0 Å². The Morgan fingerprint density at radius 3 is 1.78 bits per heavy atom. The van der Waals surface area contributed by atoms with Gasteiger partial charge in [0.05, 0.1) is 0 Å². The molecular formula is C17H11N3OS2.